The van der Waals surface area contributed by atoms with E-state index in [1.165, 1.54) is 23.2 Å². The Balaban J connectivity index is 2.30. The Morgan fingerprint density at radius 1 is 1.16 bits per heavy atom. The highest BCUT2D eigenvalue weighted by Gasteiger charge is 2.28. The predicted molar refractivity (Wildman–Crippen MR) is 93.0 cm³/mol. The molecule has 1 N–H and O–H groups in total. The number of anilines is 1. The standard InChI is InChI=1S/C16H23N5O4/c1-9-5-10(2)7-20(6-9)15-17-13-12(21(15)8-11(22)23)14(24)19(4)16(25)18(13)3/h9-10H,5-8H2,1-4H3,(H,22,23). The number of hydrogen-bond acceptors (Lipinski definition) is 5. The number of aryl methyl sites for hydroxylation is 1. The normalized spacial score (nSPS) is 21.0. The number of piperidine rings is 1. The number of fused-ring (bicyclic) bond motifs is 1. The fraction of sp³-hybridized carbons (Fsp3) is 0.625. The Hall–Kier alpha value is -2.58. The first-order valence-electron chi connectivity index (χ1n) is 8.33. The average molecular weight is 349 g/mol. The van der Waals surface area contributed by atoms with Gasteiger partial charge in [0.2, 0.25) is 5.95 Å². The van der Waals surface area contributed by atoms with Crippen LogP contribution in [0, 0.1) is 11.8 Å². The summed E-state index contributed by atoms with van der Waals surface area (Å²) >= 11 is 0. The minimum Gasteiger partial charge on any atom is -0.480 e. The average Bonchev–Trinajstić information content (AvgIpc) is 2.88. The first-order valence-corrected chi connectivity index (χ1v) is 8.33. The highest BCUT2D eigenvalue weighted by molar-refractivity contribution is 5.78. The smallest absolute Gasteiger partial charge is 0.332 e. The molecule has 25 heavy (non-hydrogen) atoms. The molecule has 1 aliphatic heterocycles. The van der Waals surface area contributed by atoms with Gasteiger partial charge < -0.3 is 10.0 Å². The van der Waals surface area contributed by atoms with Crippen molar-refractivity contribution in [2.24, 2.45) is 25.9 Å². The Bertz CT molecular complexity index is 944. The highest BCUT2D eigenvalue weighted by Crippen LogP contribution is 2.27. The molecule has 3 rings (SSSR count). The number of nitrogens with zero attached hydrogens (tertiary/aromatic N) is 5. The van der Waals surface area contributed by atoms with Crippen molar-refractivity contribution in [2.45, 2.75) is 26.8 Å². The number of carboxylic acid groups (broad SMARTS) is 1. The van der Waals surface area contributed by atoms with E-state index in [0.29, 0.717) is 17.8 Å². The summed E-state index contributed by atoms with van der Waals surface area (Å²) in [7, 11) is 2.92. The van der Waals surface area contributed by atoms with E-state index in [1.54, 1.807) is 0 Å². The minimum absolute atomic E-state index is 0.146. The molecule has 0 radical (unpaired) electrons. The zero-order chi connectivity index (χ0) is 18.5. The van der Waals surface area contributed by atoms with Crippen molar-refractivity contribution >= 4 is 23.1 Å². The van der Waals surface area contributed by atoms with Gasteiger partial charge in [-0.2, -0.15) is 4.98 Å². The molecule has 136 valence electrons. The van der Waals surface area contributed by atoms with Crippen LogP contribution in [0.3, 0.4) is 0 Å². The van der Waals surface area contributed by atoms with Crippen LogP contribution in [-0.2, 0) is 25.4 Å². The maximum absolute atomic E-state index is 12.6. The molecule has 1 aliphatic rings. The number of hydrogen-bond donors (Lipinski definition) is 1. The second-order valence-electron chi connectivity index (χ2n) is 7.12. The lowest BCUT2D eigenvalue weighted by molar-refractivity contribution is -0.137. The van der Waals surface area contributed by atoms with E-state index in [1.807, 2.05) is 4.90 Å². The third-order valence-corrected chi connectivity index (χ3v) is 4.77. The van der Waals surface area contributed by atoms with E-state index in [0.717, 1.165) is 24.1 Å². The number of rotatable bonds is 3. The first kappa shape index (κ1) is 17.2. The molecule has 9 heteroatoms. The van der Waals surface area contributed by atoms with Crippen molar-refractivity contribution in [3.05, 3.63) is 20.8 Å². The number of imidazole rings is 1. The molecule has 9 nitrogen and oxygen atoms in total. The van der Waals surface area contributed by atoms with Gasteiger partial charge >= 0.3 is 11.7 Å². The molecular formula is C16H23N5O4. The van der Waals surface area contributed by atoms with Crippen molar-refractivity contribution in [1.82, 2.24) is 18.7 Å². The molecule has 0 aliphatic carbocycles. The second kappa shape index (κ2) is 6.05. The number of carboxylic acids is 1. The van der Waals surface area contributed by atoms with E-state index in [-0.39, 0.29) is 17.7 Å². The van der Waals surface area contributed by atoms with Crippen LogP contribution < -0.4 is 16.1 Å². The maximum Gasteiger partial charge on any atom is 0.332 e. The van der Waals surface area contributed by atoms with Crippen LogP contribution in [0.2, 0.25) is 0 Å². The summed E-state index contributed by atoms with van der Waals surface area (Å²) in [4.78, 5) is 42.7. The number of aliphatic carboxylic acids is 1. The third-order valence-electron chi connectivity index (χ3n) is 4.77. The minimum atomic E-state index is -1.06. The van der Waals surface area contributed by atoms with Crippen molar-refractivity contribution in [3.63, 3.8) is 0 Å². The molecule has 1 saturated heterocycles. The van der Waals surface area contributed by atoms with Gasteiger partial charge in [0.15, 0.2) is 11.2 Å². The van der Waals surface area contributed by atoms with Crippen LogP contribution >= 0.6 is 0 Å². The zero-order valence-electron chi connectivity index (χ0n) is 14.9. The lowest BCUT2D eigenvalue weighted by atomic mass is 9.92. The Labute approximate surface area is 144 Å². The van der Waals surface area contributed by atoms with Gasteiger partial charge in [0.05, 0.1) is 0 Å². The molecular weight excluding hydrogens is 326 g/mol. The van der Waals surface area contributed by atoms with Crippen molar-refractivity contribution < 1.29 is 9.90 Å². The van der Waals surface area contributed by atoms with Crippen LogP contribution in [0.15, 0.2) is 9.59 Å². The summed E-state index contributed by atoms with van der Waals surface area (Å²) in [6.45, 7) is 5.38. The molecule has 2 aromatic rings. The van der Waals surface area contributed by atoms with Gasteiger partial charge in [-0.05, 0) is 18.3 Å². The molecule has 0 amide bonds. The van der Waals surface area contributed by atoms with Gasteiger partial charge in [-0.25, -0.2) is 4.79 Å². The molecule has 2 unspecified atom stereocenters. The molecule has 0 saturated carbocycles. The van der Waals surface area contributed by atoms with Gasteiger partial charge in [-0.1, -0.05) is 13.8 Å². The molecule has 0 spiro atoms. The van der Waals surface area contributed by atoms with Crippen molar-refractivity contribution in [2.75, 3.05) is 18.0 Å². The van der Waals surface area contributed by atoms with Crippen LogP contribution in [0.4, 0.5) is 5.95 Å². The molecule has 0 bridgehead atoms. The summed E-state index contributed by atoms with van der Waals surface area (Å²) in [6.07, 6.45) is 1.09. The predicted octanol–water partition coefficient (Wildman–Crippen LogP) is 0.000600. The van der Waals surface area contributed by atoms with Gasteiger partial charge in [-0.15, -0.1) is 0 Å². The fourth-order valence-electron chi connectivity index (χ4n) is 3.79. The summed E-state index contributed by atoms with van der Waals surface area (Å²) in [6, 6.07) is 0. The number of carbonyl (C=O) groups is 1. The van der Waals surface area contributed by atoms with Crippen LogP contribution in [0.5, 0.6) is 0 Å². The van der Waals surface area contributed by atoms with Crippen LogP contribution in [0.25, 0.3) is 11.2 Å². The zero-order valence-corrected chi connectivity index (χ0v) is 14.9. The monoisotopic (exact) mass is 349 g/mol. The first-order chi connectivity index (χ1) is 11.7. The second-order valence-corrected chi connectivity index (χ2v) is 7.12. The topological polar surface area (TPSA) is 102 Å². The van der Waals surface area contributed by atoms with Gasteiger partial charge in [0.1, 0.15) is 6.54 Å². The Morgan fingerprint density at radius 3 is 2.32 bits per heavy atom. The summed E-state index contributed by atoms with van der Waals surface area (Å²) in [5, 5.41) is 9.31. The van der Waals surface area contributed by atoms with E-state index in [9.17, 15) is 19.5 Å². The van der Waals surface area contributed by atoms with Gasteiger partial charge in [0, 0.05) is 27.2 Å². The highest BCUT2D eigenvalue weighted by atomic mass is 16.4. The third kappa shape index (κ3) is 2.83. The summed E-state index contributed by atoms with van der Waals surface area (Å²) < 4.78 is 3.69. The van der Waals surface area contributed by atoms with E-state index in [4.69, 9.17) is 0 Å². The SMILES string of the molecule is CC1CC(C)CN(c2nc3c(c(=O)n(C)c(=O)n3C)n2CC(=O)O)C1. The molecule has 2 atom stereocenters. The van der Waals surface area contributed by atoms with Crippen LogP contribution in [0.1, 0.15) is 20.3 Å². The van der Waals surface area contributed by atoms with E-state index in [2.05, 4.69) is 18.8 Å². The molecule has 2 aromatic heterocycles. The lowest BCUT2D eigenvalue weighted by Crippen LogP contribution is -2.40. The largest absolute Gasteiger partial charge is 0.480 e. The summed E-state index contributed by atoms with van der Waals surface area (Å²) in [5.41, 5.74) is -0.649. The quantitative estimate of drug-likeness (QED) is 0.837. The van der Waals surface area contributed by atoms with Crippen molar-refractivity contribution in [3.8, 4) is 0 Å². The summed E-state index contributed by atoms with van der Waals surface area (Å²) in [5.74, 6) is 0.255. The fourth-order valence-corrected chi connectivity index (χ4v) is 3.79. The number of aromatic nitrogens is 4. The Morgan fingerprint density at radius 2 is 1.76 bits per heavy atom. The Kier molecular flexibility index (Phi) is 4.18. The van der Waals surface area contributed by atoms with Gasteiger partial charge in [0.25, 0.3) is 5.56 Å². The van der Waals surface area contributed by atoms with Gasteiger partial charge in [-0.3, -0.25) is 23.3 Å². The van der Waals surface area contributed by atoms with Crippen LogP contribution in [-0.4, -0.2) is 42.9 Å². The molecule has 0 aromatic carbocycles. The van der Waals surface area contributed by atoms with E-state index >= 15 is 0 Å². The lowest BCUT2D eigenvalue weighted by Gasteiger charge is -2.35. The maximum atomic E-state index is 12.6. The van der Waals surface area contributed by atoms with Crippen molar-refractivity contribution in [1.29, 1.82) is 0 Å². The van der Waals surface area contributed by atoms with E-state index < -0.39 is 17.2 Å². The molecule has 3 heterocycles. The molecule has 1 fully saturated rings.